The van der Waals surface area contributed by atoms with Gasteiger partial charge in [0.15, 0.2) is 0 Å². The van der Waals surface area contributed by atoms with Gasteiger partial charge in [-0.05, 0) is 25.0 Å². The number of halogens is 2. The summed E-state index contributed by atoms with van der Waals surface area (Å²) in [5, 5.41) is 6.33. The van der Waals surface area contributed by atoms with Crippen LogP contribution in [0.2, 0.25) is 10.0 Å². The molecule has 4 rings (SSSR count). The van der Waals surface area contributed by atoms with Gasteiger partial charge < -0.3 is 21.1 Å². The summed E-state index contributed by atoms with van der Waals surface area (Å²) in [6, 6.07) is 5.41. The van der Waals surface area contributed by atoms with Crippen LogP contribution in [0.3, 0.4) is 0 Å². The second-order valence-electron chi connectivity index (χ2n) is 7.44. The monoisotopic (exact) mass is 474 g/mol. The molecule has 166 valence electrons. The molecule has 2 atom stereocenters. The average Bonchev–Trinajstić information content (AvgIpc) is 2.72. The Balaban J connectivity index is 1.67. The van der Waals surface area contributed by atoms with E-state index in [1.807, 2.05) is 0 Å². The fourth-order valence-electron chi connectivity index (χ4n) is 3.55. The minimum atomic E-state index is -0.720. The number of rotatable bonds is 5. The van der Waals surface area contributed by atoms with E-state index in [4.69, 9.17) is 33.7 Å². The number of aromatic nitrogens is 3. The van der Waals surface area contributed by atoms with Crippen LogP contribution in [0.1, 0.15) is 35.3 Å². The van der Waals surface area contributed by atoms with Crippen molar-refractivity contribution in [2.75, 3.05) is 18.2 Å². The zero-order valence-electron chi connectivity index (χ0n) is 17.2. The van der Waals surface area contributed by atoms with E-state index in [0.717, 1.165) is 16.6 Å². The predicted molar refractivity (Wildman–Crippen MR) is 123 cm³/mol. The predicted octanol–water partition coefficient (Wildman–Crippen LogP) is 3.20. The molecule has 0 saturated carbocycles. The number of amides is 1. The van der Waals surface area contributed by atoms with Gasteiger partial charge in [0.05, 0.1) is 34.7 Å². The topological polar surface area (TPSA) is 124 Å². The summed E-state index contributed by atoms with van der Waals surface area (Å²) in [5.41, 5.74) is 6.35. The SMILES string of the molecule is COc1cc(Cl)c(-n2cnc(N)c(C(=O)Nc3cncc(C4CC(C)N4)c3)c2=O)c(Cl)c1. The molecular formula is C21H20Cl2N6O3. The first-order chi connectivity index (χ1) is 15.3. The Labute approximate surface area is 193 Å². The number of methoxy groups -OCH3 is 1. The van der Waals surface area contributed by atoms with Crippen molar-refractivity contribution in [3.05, 3.63) is 68.4 Å². The number of benzene rings is 1. The van der Waals surface area contributed by atoms with E-state index in [1.54, 1.807) is 12.3 Å². The number of nitrogen functional groups attached to an aromatic ring is 1. The van der Waals surface area contributed by atoms with E-state index in [9.17, 15) is 9.59 Å². The van der Waals surface area contributed by atoms with Gasteiger partial charge in [0, 0.05) is 30.4 Å². The number of nitrogens with two attached hydrogens (primary N) is 1. The number of nitrogens with one attached hydrogen (secondary N) is 2. The summed E-state index contributed by atoms with van der Waals surface area (Å²) in [7, 11) is 1.46. The Morgan fingerprint density at radius 2 is 1.97 bits per heavy atom. The molecule has 11 heteroatoms. The molecule has 3 aromatic rings. The molecule has 1 amide bonds. The van der Waals surface area contributed by atoms with Crippen molar-refractivity contribution < 1.29 is 9.53 Å². The summed E-state index contributed by atoms with van der Waals surface area (Å²) in [4.78, 5) is 34.3. The van der Waals surface area contributed by atoms with Gasteiger partial charge in [-0.1, -0.05) is 23.2 Å². The molecule has 2 unspecified atom stereocenters. The fourth-order valence-corrected chi connectivity index (χ4v) is 4.19. The maximum absolute atomic E-state index is 13.2. The summed E-state index contributed by atoms with van der Waals surface area (Å²) < 4.78 is 6.20. The van der Waals surface area contributed by atoms with Crippen LogP contribution in [0.25, 0.3) is 5.69 Å². The normalized spacial score (nSPS) is 17.5. The van der Waals surface area contributed by atoms with Crippen molar-refractivity contribution in [2.45, 2.75) is 25.4 Å². The minimum absolute atomic E-state index is 0.147. The first kappa shape index (κ1) is 22.1. The number of hydrogen-bond acceptors (Lipinski definition) is 7. The third-order valence-electron chi connectivity index (χ3n) is 5.19. The molecule has 1 aliphatic rings. The van der Waals surface area contributed by atoms with Crippen LogP contribution in [0.15, 0.2) is 41.7 Å². The quantitative estimate of drug-likeness (QED) is 0.518. The second kappa shape index (κ2) is 8.78. The van der Waals surface area contributed by atoms with Crippen LogP contribution in [-0.2, 0) is 0 Å². The molecular weight excluding hydrogens is 455 g/mol. The number of hydrogen-bond donors (Lipinski definition) is 3. The summed E-state index contributed by atoms with van der Waals surface area (Å²) >= 11 is 12.6. The molecule has 3 heterocycles. The Kier molecular flexibility index (Phi) is 6.05. The van der Waals surface area contributed by atoms with Gasteiger partial charge in [-0.25, -0.2) is 4.98 Å². The second-order valence-corrected chi connectivity index (χ2v) is 8.25. The highest BCUT2D eigenvalue weighted by atomic mass is 35.5. The van der Waals surface area contributed by atoms with Crippen molar-refractivity contribution >= 4 is 40.6 Å². The van der Waals surface area contributed by atoms with E-state index < -0.39 is 11.5 Å². The third kappa shape index (κ3) is 4.14. The van der Waals surface area contributed by atoms with Crippen LogP contribution >= 0.6 is 23.2 Å². The van der Waals surface area contributed by atoms with Gasteiger partial charge >= 0.3 is 0 Å². The fraction of sp³-hybridized carbons (Fsp3) is 0.238. The Morgan fingerprint density at radius 3 is 2.59 bits per heavy atom. The smallest absolute Gasteiger partial charge is 0.273 e. The van der Waals surface area contributed by atoms with Crippen molar-refractivity contribution in [1.82, 2.24) is 19.9 Å². The molecule has 0 bridgehead atoms. The summed E-state index contributed by atoms with van der Waals surface area (Å²) in [6.45, 7) is 2.09. The van der Waals surface area contributed by atoms with Crippen LogP contribution in [0, 0.1) is 0 Å². The van der Waals surface area contributed by atoms with Crippen LogP contribution < -0.4 is 26.7 Å². The third-order valence-corrected chi connectivity index (χ3v) is 5.77. The van der Waals surface area contributed by atoms with Crippen molar-refractivity contribution in [3.63, 3.8) is 0 Å². The first-order valence-electron chi connectivity index (χ1n) is 9.71. The molecule has 2 aromatic heterocycles. The largest absolute Gasteiger partial charge is 0.497 e. The maximum atomic E-state index is 13.2. The molecule has 0 spiro atoms. The van der Waals surface area contributed by atoms with Gasteiger partial charge in [-0.2, -0.15) is 0 Å². The lowest BCUT2D eigenvalue weighted by molar-refractivity contribution is 0.102. The highest BCUT2D eigenvalue weighted by Crippen LogP contribution is 2.33. The van der Waals surface area contributed by atoms with Crippen LogP contribution in [-0.4, -0.2) is 33.6 Å². The number of carbonyl (C=O) groups excluding carboxylic acids is 1. The molecule has 1 aliphatic heterocycles. The molecule has 0 aliphatic carbocycles. The lowest BCUT2D eigenvalue weighted by Crippen LogP contribution is -2.43. The van der Waals surface area contributed by atoms with Gasteiger partial charge in [0.25, 0.3) is 11.5 Å². The van der Waals surface area contributed by atoms with Gasteiger partial charge in [0.2, 0.25) is 0 Å². The van der Waals surface area contributed by atoms with Crippen LogP contribution in [0.4, 0.5) is 11.5 Å². The molecule has 0 radical (unpaired) electrons. The Bertz CT molecular complexity index is 1230. The van der Waals surface area contributed by atoms with E-state index in [0.29, 0.717) is 17.5 Å². The van der Waals surface area contributed by atoms with E-state index in [1.165, 1.54) is 31.8 Å². The molecule has 4 N–H and O–H groups in total. The van der Waals surface area contributed by atoms with Gasteiger partial charge in [-0.3, -0.25) is 19.1 Å². The number of nitrogens with zero attached hydrogens (tertiary/aromatic N) is 3. The first-order valence-corrected chi connectivity index (χ1v) is 10.5. The van der Waals surface area contributed by atoms with Crippen molar-refractivity contribution in [3.8, 4) is 11.4 Å². The molecule has 32 heavy (non-hydrogen) atoms. The van der Waals surface area contributed by atoms with E-state index in [2.05, 4.69) is 27.5 Å². The highest BCUT2D eigenvalue weighted by Gasteiger charge is 2.26. The standard InChI is InChI=1S/C21H20Cl2N6O3/c1-10-3-16(27-10)11-4-12(8-25-7-11)28-20(30)17-19(24)26-9-29(21(17)31)18-14(22)5-13(32-2)6-15(18)23/h4-10,16,27H,3,24H2,1-2H3,(H,28,30). The Morgan fingerprint density at radius 1 is 1.28 bits per heavy atom. The number of carbonyl (C=O) groups is 1. The van der Waals surface area contributed by atoms with Crippen molar-refractivity contribution in [2.24, 2.45) is 0 Å². The number of ether oxygens (including phenoxy) is 1. The summed E-state index contributed by atoms with van der Waals surface area (Å²) in [5.74, 6) is -0.520. The molecule has 1 fully saturated rings. The number of anilines is 2. The van der Waals surface area contributed by atoms with Crippen molar-refractivity contribution in [1.29, 1.82) is 0 Å². The zero-order valence-corrected chi connectivity index (χ0v) is 18.7. The number of pyridine rings is 1. The molecule has 1 aromatic carbocycles. The van der Waals surface area contributed by atoms with Gasteiger partial charge in [-0.15, -0.1) is 0 Å². The van der Waals surface area contributed by atoms with Crippen LogP contribution in [0.5, 0.6) is 5.75 Å². The lowest BCUT2D eigenvalue weighted by atomic mass is 9.93. The van der Waals surface area contributed by atoms with E-state index in [-0.39, 0.29) is 33.2 Å². The zero-order chi connectivity index (χ0) is 23.0. The minimum Gasteiger partial charge on any atom is -0.497 e. The Hall–Kier alpha value is -3.14. The summed E-state index contributed by atoms with van der Waals surface area (Å²) in [6.07, 6.45) is 5.37. The highest BCUT2D eigenvalue weighted by molar-refractivity contribution is 6.38. The maximum Gasteiger partial charge on any atom is 0.273 e. The van der Waals surface area contributed by atoms with E-state index >= 15 is 0 Å². The van der Waals surface area contributed by atoms with Gasteiger partial charge in [0.1, 0.15) is 23.5 Å². The average molecular weight is 475 g/mol. The molecule has 1 saturated heterocycles. The molecule has 9 nitrogen and oxygen atoms in total. The lowest BCUT2D eigenvalue weighted by Gasteiger charge is -2.35.